The minimum absolute atomic E-state index is 0.159. The molecule has 0 radical (unpaired) electrons. The predicted molar refractivity (Wildman–Crippen MR) is 62.2 cm³/mol. The van der Waals surface area contributed by atoms with Gasteiger partial charge in [0.05, 0.1) is 26.0 Å². The fourth-order valence-corrected chi connectivity index (χ4v) is 1.98. The van der Waals surface area contributed by atoms with Gasteiger partial charge in [-0.05, 0) is 6.42 Å². The van der Waals surface area contributed by atoms with E-state index in [9.17, 15) is 0 Å². The second-order valence-electron chi connectivity index (χ2n) is 4.01. The Labute approximate surface area is 101 Å². The first kappa shape index (κ1) is 12.3. The average molecular weight is 238 g/mol. The predicted octanol–water partition coefficient (Wildman–Crippen LogP) is 0.525. The van der Waals surface area contributed by atoms with Crippen molar-refractivity contribution < 1.29 is 14.6 Å². The number of ether oxygens (including phenoxy) is 2. The normalized spacial score (nSPS) is 15.2. The number of methoxy groups -OCH3 is 1. The summed E-state index contributed by atoms with van der Waals surface area (Å²) >= 11 is 0. The first-order valence-electron chi connectivity index (χ1n) is 5.96. The standard InChI is InChI=1S/C12H18N2O3/c1-16-12-9-4-7-17-8-5-10(9)13-11(14-12)3-2-6-15/h15H,2-8H2,1H3. The van der Waals surface area contributed by atoms with Crippen molar-refractivity contribution in [3.8, 4) is 5.88 Å². The highest BCUT2D eigenvalue weighted by Gasteiger charge is 2.17. The lowest BCUT2D eigenvalue weighted by Gasteiger charge is -2.11. The lowest BCUT2D eigenvalue weighted by molar-refractivity contribution is 0.146. The molecule has 1 N–H and O–H groups in total. The summed E-state index contributed by atoms with van der Waals surface area (Å²) in [5.41, 5.74) is 2.10. The van der Waals surface area contributed by atoms with Gasteiger partial charge in [0, 0.05) is 31.4 Å². The van der Waals surface area contributed by atoms with E-state index in [-0.39, 0.29) is 6.61 Å². The zero-order valence-corrected chi connectivity index (χ0v) is 10.1. The van der Waals surface area contributed by atoms with Crippen LogP contribution >= 0.6 is 0 Å². The van der Waals surface area contributed by atoms with Gasteiger partial charge in [0.1, 0.15) is 5.82 Å². The summed E-state index contributed by atoms with van der Waals surface area (Å²) in [5.74, 6) is 1.41. The van der Waals surface area contributed by atoms with Crippen molar-refractivity contribution in [3.63, 3.8) is 0 Å². The van der Waals surface area contributed by atoms with Gasteiger partial charge in [0.2, 0.25) is 5.88 Å². The number of aryl methyl sites for hydroxylation is 1. The van der Waals surface area contributed by atoms with Crippen molar-refractivity contribution >= 4 is 0 Å². The van der Waals surface area contributed by atoms with Crippen LogP contribution in [-0.4, -0.2) is 42.0 Å². The lowest BCUT2D eigenvalue weighted by atomic mass is 10.1. The topological polar surface area (TPSA) is 64.5 Å². The number of aromatic nitrogens is 2. The minimum Gasteiger partial charge on any atom is -0.481 e. The Hall–Kier alpha value is -1.20. The number of fused-ring (bicyclic) bond motifs is 1. The third kappa shape index (κ3) is 2.92. The second-order valence-corrected chi connectivity index (χ2v) is 4.01. The van der Waals surface area contributed by atoms with Crippen molar-refractivity contribution in [3.05, 3.63) is 17.1 Å². The maximum Gasteiger partial charge on any atom is 0.219 e. The lowest BCUT2D eigenvalue weighted by Crippen LogP contribution is -2.08. The van der Waals surface area contributed by atoms with Gasteiger partial charge < -0.3 is 14.6 Å². The Morgan fingerprint density at radius 2 is 2.12 bits per heavy atom. The van der Waals surface area contributed by atoms with Crippen LogP contribution in [0.5, 0.6) is 5.88 Å². The van der Waals surface area contributed by atoms with Gasteiger partial charge in [0.15, 0.2) is 0 Å². The number of aliphatic hydroxyl groups excluding tert-OH is 1. The van der Waals surface area contributed by atoms with Crippen LogP contribution in [0.4, 0.5) is 0 Å². The molecule has 1 aliphatic heterocycles. The van der Waals surface area contributed by atoms with Crippen molar-refractivity contribution in [1.82, 2.24) is 9.97 Å². The van der Waals surface area contributed by atoms with E-state index in [4.69, 9.17) is 14.6 Å². The molecule has 0 saturated carbocycles. The van der Waals surface area contributed by atoms with Gasteiger partial charge in [-0.3, -0.25) is 0 Å². The maximum atomic E-state index is 8.83. The second kappa shape index (κ2) is 5.93. The molecule has 17 heavy (non-hydrogen) atoms. The molecular weight excluding hydrogens is 220 g/mol. The van der Waals surface area contributed by atoms with Gasteiger partial charge in [-0.25, -0.2) is 4.98 Å². The molecule has 0 amide bonds. The summed E-state index contributed by atoms with van der Waals surface area (Å²) in [6.45, 7) is 1.56. The Morgan fingerprint density at radius 3 is 2.88 bits per heavy atom. The van der Waals surface area contributed by atoms with Gasteiger partial charge in [-0.2, -0.15) is 4.98 Å². The molecule has 2 heterocycles. The first-order valence-corrected chi connectivity index (χ1v) is 5.96. The molecule has 0 atom stereocenters. The molecule has 0 unspecified atom stereocenters. The van der Waals surface area contributed by atoms with Crippen molar-refractivity contribution in [1.29, 1.82) is 0 Å². The SMILES string of the molecule is COc1nc(CCCO)nc2c1CCOCC2. The molecule has 5 nitrogen and oxygen atoms in total. The molecule has 0 bridgehead atoms. The van der Waals surface area contributed by atoms with Crippen LogP contribution in [0.15, 0.2) is 0 Å². The molecule has 1 aromatic rings. The van der Waals surface area contributed by atoms with Crippen LogP contribution in [0, 0.1) is 0 Å². The van der Waals surface area contributed by atoms with E-state index < -0.39 is 0 Å². The average Bonchev–Trinajstić information content (AvgIpc) is 2.60. The number of nitrogens with zero attached hydrogens (tertiary/aromatic N) is 2. The Morgan fingerprint density at radius 1 is 1.29 bits per heavy atom. The fraction of sp³-hybridized carbons (Fsp3) is 0.667. The van der Waals surface area contributed by atoms with Crippen molar-refractivity contribution in [2.24, 2.45) is 0 Å². The Bertz CT molecular complexity index is 382. The van der Waals surface area contributed by atoms with Crippen LogP contribution in [0.25, 0.3) is 0 Å². The van der Waals surface area contributed by atoms with Crippen LogP contribution in [0.1, 0.15) is 23.5 Å². The van der Waals surface area contributed by atoms with Crippen LogP contribution in [-0.2, 0) is 24.0 Å². The number of hydrogen-bond acceptors (Lipinski definition) is 5. The van der Waals surface area contributed by atoms with E-state index >= 15 is 0 Å². The number of rotatable bonds is 4. The molecule has 94 valence electrons. The van der Waals surface area contributed by atoms with Crippen LogP contribution < -0.4 is 4.74 Å². The van der Waals surface area contributed by atoms with E-state index in [0.717, 1.165) is 29.9 Å². The Balaban J connectivity index is 2.29. The first-order chi connectivity index (χ1) is 8.35. The molecular formula is C12H18N2O3. The quantitative estimate of drug-likeness (QED) is 0.828. The van der Waals surface area contributed by atoms with E-state index in [1.807, 2.05) is 0 Å². The molecule has 0 saturated heterocycles. The fourth-order valence-electron chi connectivity index (χ4n) is 1.98. The third-order valence-electron chi connectivity index (χ3n) is 2.83. The van der Waals surface area contributed by atoms with Gasteiger partial charge in [0.25, 0.3) is 0 Å². The Kier molecular flexibility index (Phi) is 4.28. The van der Waals surface area contributed by atoms with Crippen molar-refractivity contribution in [2.75, 3.05) is 26.9 Å². The van der Waals surface area contributed by atoms with Crippen molar-refractivity contribution in [2.45, 2.75) is 25.7 Å². The van der Waals surface area contributed by atoms with E-state index in [2.05, 4.69) is 9.97 Å². The summed E-state index contributed by atoms with van der Waals surface area (Å²) in [5, 5.41) is 8.83. The summed E-state index contributed by atoms with van der Waals surface area (Å²) in [7, 11) is 1.63. The van der Waals surface area contributed by atoms with Gasteiger partial charge in [-0.1, -0.05) is 0 Å². The largest absolute Gasteiger partial charge is 0.481 e. The third-order valence-corrected chi connectivity index (χ3v) is 2.83. The highest BCUT2D eigenvalue weighted by Crippen LogP contribution is 2.22. The van der Waals surface area contributed by atoms with Gasteiger partial charge >= 0.3 is 0 Å². The smallest absolute Gasteiger partial charge is 0.219 e. The molecule has 1 aliphatic rings. The zero-order chi connectivity index (χ0) is 12.1. The molecule has 0 spiro atoms. The summed E-state index contributed by atoms with van der Waals surface area (Å²) in [6, 6.07) is 0. The molecule has 1 aromatic heterocycles. The van der Waals surface area contributed by atoms with E-state index in [0.29, 0.717) is 31.9 Å². The zero-order valence-electron chi connectivity index (χ0n) is 10.1. The summed E-state index contributed by atoms with van der Waals surface area (Å²) in [6.07, 6.45) is 2.97. The van der Waals surface area contributed by atoms with Crippen LogP contribution in [0.3, 0.4) is 0 Å². The number of aliphatic hydroxyl groups is 1. The summed E-state index contributed by atoms with van der Waals surface area (Å²) in [4.78, 5) is 8.92. The molecule has 0 fully saturated rings. The maximum absolute atomic E-state index is 8.83. The van der Waals surface area contributed by atoms with Crippen LogP contribution in [0.2, 0.25) is 0 Å². The van der Waals surface area contributed by atoms with Gasteiger partial charge in [-0.15, -0.1) is 0 Å². The highest BCUT2D eigenvalue weighted by molar-refractivity contribution is 5.32. The molecule has 0 aliphatic carbocycles. The summed E-state index contributed by atoms with van der Waals surface area (Å²) < 4.78 is 10.8. The molecule has 0 aromatic carbocycles. The molecule has 2 rings (SSSR count). The van der Waals surface area contributed by atoms with E-state index in [1.54, 1.807) is 7.11 Å². The highest BCUT2D eigenvalue weighted by atomic mass is 16.5. The number of hydrogen-bond donors (Lipinski definition) is 1. The molecule has 5 heteroatoms. The monoisotopic (exact) mass is 238 g/mol. The van der Waals surface area contributed by atoms with E-state index in [1.165, 1.54) is 0 Å². The minimum atomic E-state index is 0.159.